The van der Waals surface area contributed by atoms with Gasteiger partial charge in [-0.3, -0.25) is 4.79 Å². The van der Waals surface area contributed by atoms with Gasteiger partial charge in [-0.05, 0) is 31.5 Å². The number of hydrogen-bond donors (Lipinski definition) is 2. The number of thiophene rings is 1. The normalized spacial score (nSPS) is 10.4. The predicted octanol–water partition coefficient (Wildman–Crippen LogP) is 4.85. The molecule has 0 fully saturated rings. The summed E-state index contributed by atoms with van der Waals surface area (Å²) in [5.74, 6) is -2.35. The van der Waals surface area contributed by atoms with Gasteiger partial charge in [-0.15, -0.1) is 11.3 Å². The molecule has 0 unspecified atom stereocenters. The van der Waals surface area contributed by atoms with E-state index < -0.39 is 17.8 Å². The number of amides is 1. The summed E-state index contributed by atoms with van der Waals surface area (Å²) in [5.41, 5.74) is 1.69. The minimum absolute atomic E-state index is 0.0159. The van der Waals surface area contributed by atoms with E-state index in [0.717, 1.165) is 10.4 Å². The van der Waals surface area contributed by atoms with Crippen LogP contribution in [0.2, 0.25) is 0 Å². The summed E-state index contributed by atoms with van der Waals surface area (Å²) < 4.78 is 5.22. The lowest BCUT2D eigenvalue weighted by Gasteiger charge is -2.10. The highest BCUT2D eigenvalue weighted by Gasteiger charge is 2.26. The first-order chi connectivity index (χ1) is 13.9. The Bertz CT molecular complexity index is 1070. The lowest BCUT2D eigenvalue weighted by molar-refractivity contribution is 0.0528. The van der Waals surface area contributed by atoms with E-state index >= 15 is 0 Å². The zero-order valence-corrected chi connectivity index (χ0v) is 16.7. The van der Waals surface area contributed by atoms with Crippen LogP contribution in [0.4, 0.5) is 5.00 Å². The van der Waals surface area contributed by atoms with Crippen molar-refractivity contribution in [3.05, 3.63) is 76.2 Å². The highest BCUT2D eigenvalue weighted by molar-refractivity contribution is 7.17. The van der Waals surface area contributed by atoms with E-state index in [0.29, 0.717) is 10.6 Å². The van der Waals surface area contributed by atoms with E-state index in [2.05, 4.69) is 5.32 Å². The maximum atomic E-state index is 12.8. The molecule has 0 aliphatic carbocycles. The number of benzene rings is 2. The fourth-order valence-corrected chi connectivity index (χ4v) is 4.08. The third kappa shape index (κ3) is 4.20. The molecule has 0 saturated carbocycles. The smallest absolute Gasteiger partial charge is 0.341 e. The molecule has 0 spiro atoms. The van der Waals surface area contributed by atoms with Gasteiger partial charge in [0.2, 0.25) is 0 Å². The Morgan fingerprint density at radius 3 is 2.24 bits per heavy atom. The Balaban J connectivity index is 2.07. The van der Waals surface area contributed by atoms with Crippen LogP contribution in [-0.4, -0.2) is 29.6 Å². The van der Waals surface area contributed by atoms with Crippen molar-refractivity contribution in [1.29, 1.82) is 0 Å². The zero-order chi connectivity index (χ0) is 21.0. The molecule has 0 atom stereocenters. The van der Waals surface area contributed by atoms with Crippen LogP contribution in [0.25, 0.3) is 11.1 Å². The average Bonchev–Trinajstić information content (AvgIpc) is 3.04. The van der Waals surface area contributed by atoms with Gasteiger partial charge in [0.25, 0.3) is 5.91 Å². The molecule has 148 valence electrons. The van der Waals surface area contributed by atoms with E-state index in [-0.39, 0.29) is 23.3 Å². The van der Waals surface area contributed by atoms with Gasteiger partial charge in [-0.2, -0.15) is 0 Å². The Hall–Kier alpha value is -3.45. The fourth-order valence-electron chi connectivity index (χ4n) is 3.02. The Labute approximate surface area is 171 Å². The molecule has 0 radical (unpaired) electrons. The molecule has 2 aromatic carbocycles. The Morgan fingerprint density at radius 2 is 1.62 bits per heavy atom. The van der Waals surface area contributed by atoms with E-state index in [1.54, 1.807) is 19.1 Å². The van der Waals surface area contributed by atoms with Gasteiger partial charge in [0.1, 0.15) is 10.6 Å². The summed E-state index contributed by atoms with van der Waals surface area (Å²) in [4.78, 5) is 37.8. The molecule has 6 nitrogen and oxygen atoms in total. The Kier molecular flexibility index (Phi) is 6.09. The minimum atomic E-state index is -1.20. The molecule has 0 saturated heterocycles. The van der Waals surface area contributed by atoms with Gasteiger partial charge in [0.05, 0.1) is 17.7 Å². The SMILES string of the molecule is CCOC(=O)c1c(NC(=O)c2ccccc2C(=O)O)sc(C)c1-c1ccccc1. The summed E-state index contributed by atoms with van der Waals surface area (Å²) >= 11 is 1.25. The first kappa shape index (κ1) is 20.3. The van der Waals surface area contributed by atoms with Crippen molar-refractivity contribution in [3.8, 4) is 11.1 Å². The topological polar surface area (TPSA) is 92.7 Å². The van der Waals surface area contributed by atoms with Crippen LogP contribution in [0.5, 0.6) is 0 Å². The number of anilines is 1. The molecule has 29 heavy (non-hydrogen) atoms. The van der Waals surface area contributed by atoms with Gasteiger partial charge >= 0.3 is 11.9 Å². The quantitative estimate of drug-likeness (QED) is 0.568. The average molecular weight is 409 g/mol. The highest BCUT2D eigenvalue weighted by atomic mass is 32.1. The van der Waals surface area contributed by atoms with Crippen LogP contribution in [0.3, 0.4) is 0 Å². The van der Waals surface area contributed by atoms with Crippen LogP contribution < -0.4 is 5.32 Å². The van der Waals surface area contributed by atoms with Gasteiger partial charge in [-0.25, -0.2) is 9.59 Å². The summed E-state index contributed by atoms with van der Waals surface area (Å²) in [6.45, 7) is 3.76. The minimum Gasteiger partial charge on any atom is -0.478 e. The van der Waals surface area contributed by atoms with Crippen LogP contribution in [0.1, 0.15) is 42.9 Å². The van der Waals surface area contributed by atoms with Gasteiger partial charge < -0.3 is 15.2 Å². The molecule has 3 rings (SSSR count). The van der Waals surface area contributed by atoms with Gasteiger partial charge in [0, 0.05) is 10.4 Å². The van der Waals surface area contributed by atoms with Gasteiger partial charge in [-0.1, -0.05) is 42.5 Å². The molecule has 0 aliphatic rings. The number of rotatable bonds is 6. The number of nitrogens with one attached hydrogen (secondary N) is 1. The summed E-state index contributed by atoms with van der Waals surface area (Å²) in [7, 11) is 0. The lowest BCUT2D eigenvalue weighted by Crippen LogP contribution is -2.17. The molecule has 1 heterocycles. The predicted molar refractivity (Wildman–Crippen MR) is 112 cm³/mol. The molecule has 2 N–H and O–H groups in total. The van der Waals surface area contributed by atoms with Crippen LogP contribution in [-0.2, 0) is 4.74 Å². The van der Waals surface area contributed by atoms with Crippen molar-refractivity contribution in [2.75, 3.05) is 11.9 Å². The number of aryl methyl sites for hydroxylation is 1. The number of esters is 1. The number of carbonyl (C=O) groups is 3. The first-order valence-electron chi connectivity index (χ1n) is 8.93. The number of carbonyl (C=O) groups excluding carboxylic acids is 2. The van der Waals surface area contributed by atoms with E-state index in [4.69, 9.17) is 4.74 Å². The molecule has 0 bridgehead atoms. The monoisotopic (exact) mass is 409 g/mol. The number of hydrogen-bond acceptors (Lipinski definition) is 5. The van der Waals surface area contributed by atoms with Crippen molar-refractivity contribution >= 4 is 34.2 Å². The van der Waals surface area contributed by atoms with Gasteiger partial charge in [0.15, 0.2) is 0 Å². The van der Waals surface area contributed by atoms with Crippen molar-refractivity contribution in [3.63, 3.8) is 0 Å². The van der Waals surface area contributed by atoms with Crippen LogP contribution >= 0.6 is 11.3 Å². The summed E-state index contributed by atoms with van der Waals surface area (Å²) in [6, 6.07) is 15.3. The number of ether oxygens (including phenoxy) is 1. The molecule has 3 aromatic rings. The second-order valence-corrected chi connectivity index (χ2v) is 7.35. The molecule has 0 aliphatic heterocycles. The largest absolute Gasteiger partial charge is 0.478 e. The number of carboxylic acid groups (broad SMARTS) is 1. The number of carboxylic acids is 1. The van der Waals surface area contributed by atoms with Crippen LogP contribution in [0, 0.1) is 6.92 Å². The second kappa shape index (κ2) is 8.70. The summed E-state index contributed by atoms with van der Waals surface area (Å²) in [6.07, 6.45) is 0. The second-order valence-electron chi connectivity index (χ2n) is 6.13. The molecular weight excluding hydrogens is 390 g/mol. The van der Waals surface area contributed by atoms with Crippen LogP contribution in [0.15, 0.2) is 54.6 Å². The van der Waals surface area contributed by atoms with E-state index in [1.807, 2.05) is 37.3 Å². The van der Waals surface area contributed by atoms with Crippen molar-refractivity contribution in [2.24, 2.45) is 0 Å². The standard InChI is InChI=1S/C22H19NO5S/c1-3-28-22(27)18-17(14-9-5-4-6-10-14)13(2)29-20(18)23-19(24)15-11-7-8-12-16(15)21(25)26/h4-12H,3H2,1-2H3,(H,23,24)(H,25,26). The van der Waals surface area contributed by atoms with Crippen molar-refractivity contribution < 1.29 is 24.2 Å². The first-order valence-corrected chi connectivity index (χ1v) is 9.75. The number of aromatic carboxylic acids is 1. The third-order valence-electron chi connectivity index (χ3n) is 4.26. The molecule has 1 amide bonds. The molecular formula is C22H19NO5S. The molecule has 7 heteroatoms. The lowest BCUT2D eigenvalue weighted by atomic mass is 10.0. The maximum absolute atomic E-state index is 12.8. The summed E-state index contributed by atoms with van der Waals surface area (Å²) in [5, 5.41) is 12.4. The maximum Gasteiger partial charge on any atom is 0.341 e. The fraction of sp³-hybridized carbons (Fsp3) is 0.136. The van der Waals surface area contributed by atoms with E-state index in [9.17, 15) is 19.5 Å². The van der Waals surface area contributed by atoms with E-state index in [1.165, 1.54) is 23.5 Å². The highest BCUT2D eigenvalue weighted by Crippen LogP contribution is 2.40. The van der Waals surface area contributed by atoms with Crippen molar-refractivity contribution in [2.45, 2.75) is 13.8 Å². The molecule has 1 aromatic heterocycles. The zero-order valence-electron chi connectivity index (χ0n) is 15.9. The van der Waals surface area contributed by atoms with Crippen molar-refractivity contribution in [1.82, 2.24) is 0 Å². The third-order valence-corrected chi connectivity index (χ3v) is 5.28. The Morgan fingerprint density at radius 1 is 1.00 bits per heavy atom.